The van der Waals surface area contributed by atoms with Crippen molar-refractivity contribution in [3.63, 3.8) is 0 Å². The molecule has 0 saturated heterocycles. The minimum absolute atomic E-state index is 0.269. The lowest BCUT2D eigenvalue weighted by molar-refractivity contribution is -0.144. The van der Waals surface area contributed by atoms with Crippen LogP contribution in [0, 0.1) is 5.92 Å². The van der Waals surface area contributed by atoms with E-state index in [0.29, 0.717) is 13.1 Å². The molecule has 1 atom stereocenters. The van der Waals surface area contributed by atoms with E-state index in [1.807, 2.05) is 6.92 Å². The number of alkyl halides is 3. The Hall–Kier alpha value is -0.290. The Morgan fingerprint density at radius 1 is 1.36 bits per heavy atom. The largest absolute Gasteiger partial charge is 0.401 e. The van der Waals surface area contributed by atoms with E-state index in [1.165, 1.54) is 11.9 Å². The van der Waals surface area contributed by atoms with E-state index in [-0.39, 0.29) is 5.92 Å². The third-order valence-corrected chi connectivity index (χ3v) is 1.97. The SMILES string of the molecule is CC(CCCN)CN(C)CC(F)(F)F. The number of halogens is 3. The molecule has 2 nitrogen and oxygen atoms in total. The Morgan fingerprint density at radius 2 is 1.93 bits per heavy atom. The summed E-state index contributed by atoms with van der Waals surface area (Å²) in [6.07, 6.45) is -2.33. The number of rotatable bonds is 6. The lowest BCUT2D eigenvalue weighted by Gasteiger charge is -2.22. The van der Waals surface area contributed by atoms with Crippen LogP contribution in [-0.4, -0.2) is 37.8 Å². The van der Waals surface area contributed by atoms with Crippen LogP contribution in [0.1, 0.15) is 19.8 Å². The molecule has 86 valence electrons. The molecule has 5 heteroatoms. The summed E-state index contributed by atoms with van der Waals surface area (Å²) < 4.78 is 35.8. The van der Waals surface area contributed by atoms with Gasteiger partial charge in [-0.25, -0.2) is 0 Å². The second kappa shape index (κ2) is 6.24. The first-order valence-electron chi connectivity index (χ1n) is 4.80. The lowest BCUT2D eigenvalue weighted by Crippen LogP contribution is -2.34. The quantitative estimate of drug-likeness (QED) is 0.728. The van der Waals surface area contributed by atoms with Gasteiger partial charge >= 0.3 is 6.18 Å². The van der Waals surface area contributed by atoms with Crippen molar-refractivity contribution in [2.24, 2.45) is 11.7 Å². The predicted molar refractivity (Wildman–Crippen MR) is 51.0 cm³/mol. The van der Waals surface area contributed by atoms with Crippen molar-refractivity contribution in [3.05, 3.63) is 0 Å². The van der Waals surface area contributed by atoms with Gasteiger partial charge in [0.15, 0.2) is 0 Å². The Labute approximate surface area is 83.3 Å². The zero-order valence-corrected chi connectivity index (χ0v) is 8.77. The Kier molecular flexibility index (Phi) is 6.11. The molecule has 0 aromatic heterocycles. The summed E-state index contributed by atoms with van der Waals surface area (Å²) in [6.45, 7) is 2.19. The highest BCUT2D eigenvalue weighted by Gasteiger charge is 2.29. The van der Waals surface area contributed by atoms with Crippen molar-refractivity contribution in [3.8, 4) is 0 Å². The van der Waals surface area contributed by atoms with E-state index in [1.54, 1.807) is 0 Å². The number of hydrogen-bond acceptors (Lipinski definition) is 2. The van der Waals surface area contributed by atoms with Crippen molar-refractivity contribution >= 4 is 0 Å². The summed E-state index contributed by atoms with van der Waals surface area (Å²) in [4.78, 5) is 1.31. The van der Waals surface area contributed by atoms with Gasteiger partial charge in [-0.2, -0.15) is 13.2 Å². The van der Waals surface area contributed by atoms with Crippen molar-refractivity contribution in [1.82, 2.24) is 4.90 Å². The summed E-state index contributed by atoms with van der Waals surface area (Å²) in [5, 5.41) is 0. The van der Waals surface area contributed by atoms with E-state index in [9.17, 15) is 13.2 Å². The average Bonchev–Trinajstić information content (AvgIpc) is 1.96. The van der Waals surface area contributed by atoms with Gasteiger partial charge in [-0.1, -0.05) is 6.92 Å². The summed E-state index contributed by atoms with van der Waals surface area (Å²) in [6, 6.07) is 0. The summed E-state index contributed by atoms with van der Waals surface area (Å²) in [5.41, 5.74) is 5.32. The maximum absolute atomic E-state index is 11.9. The molecule has 0 aromatic rings. The van der Waals surface area contributed by atoms with Crippen LogP contribution in [0.25, 0.3) is 0 Å². The standard InChI is InChI=1S/C9H19F3N2/c1-8(4-3-5-13)6-14(2)7-9(10,11)12/h8H,3-7,13H2,1-2H3. The number of nitrogens with zero attached hydrogens (tertiary/aromatic N) is 1. The minimum Gasteiger partial charge on any atom is -0.330 e. The molecule has 0 radical (unpaired) electrons. The highest BCUT2D eigenvalue weighted by molar-refractivity contribution is 4.63. The average molecular weight is 212 g/mol. The first-order chi connectivity index (χ1) is 6.35. The molecule has 0 aliphatic carbocycles. The predicted octanol–water partition coefficient (Wildman–Crippen LogP) is 1.86. The lowest BCUT2D eigenvalue weighted by atomic mass is 10.1. The molecule has 2 N–H and O–H groups in total. The second-order valence-corrected chi connectivity index (χ2v) is 3.85. The number of nitrogens with two attached hydrogens (primary N) is 1. The number of hydrogen-bond donors (Lipinski definition) is 1. The smallest absolute Gasteiger partial charge is 0.330 e. The summed E-state index contributed by atoms with van der Waals surface area (Å²) in [7, 11) is 1.49. The van der Waals surface area contributed by atoms with Gasteiger partial charge in [0.2, 0.25) is 0 Å². The molecule has 0 amide bonds. The zero-order chi connectivity index (χ0) is 11.2. The summed E-state index contributed by atoms with van der Waals surface area (Å²) in [5.74, 6) is 0.269. The van der Waals surface area contributed by atoms with Gasteiger partial charge in [-0.3, -0.25) is 4.90 Å². The first-order valence-corrected chi connectivity index (χ1v) is 4.80. The van der Waals surface area contributed by atoms with Crippen LogP contribution in [0.5, 0.6) is 0 Å². The third-order valence-electron chi connectivity index (χ3n) is 1.97. The highest BCUT2D eigenvalue weighted by atomic mass is 19.4. The Morgan fingerprint density at radius 3 is 2.36 bits per heavy atom. The molecule has 0 spiro atoms. The van der Waals surface area contributed by atoms with Crippen LogP contribution in [-0.2, 0) is 0 Å². The van der Waals surface area contributed by atoms with Crippen LogP contribution >= 0.6 is 0 Å². The van der Waals surface area contributed by atoms with Crippen LogP contribution in [0.2, 0.25) is 0 Å². The van der Waals surface area contributed by atoms with Gasteiger partial charge < -0.3 is 5.73 Å². The molecular formula is C9H19F3N2. The van der Waals surface area contributed by atoms with Crippen molar-refractivity contribution in [1.29, 1.82) is 0 Å². The van der Waals surface area contributed by atoms with Crippen molar-refractivity contribution < 1.29 is 13.2 Å². The van der Waals surface area contributed by atoms with Gasteiger partial charge in [0.25, 0.3) is 0 Å². The van der Waals surface area contributed by atoms with Crippen LogP contribution in [0.3, 0.4) is 0 Å². The molecule has 0 aliphatic heterocycles. The Balaban J connectivity index is 3.65. The van der Waals surface area contributed by atoms with Gasteiger partial charge in [0.05, 0.1) is 6.54 Å². The fraction of sp³-hybridized carbons (Fsp3) is 1.00. The third kappa shape index (κ3) is 8.31. The molecule has 0 aliphatic rings. The highest BCUT2D eigenvalue weighted by Crippen LogP contribution is 2.16. The van der Waals surface area contributed by atoms with Crippen LogP contribution in [0.15, 0.2) is 0 Å². The molecule has 0 saturated carbocycles. The monoisotopic (exact) mass is 212 g/mol. The molecule has 0 heterocycles. The van der Waals surface area contributed by atoms with E-state index in [2.05, 4.69) is 0 Å². The molecule has 1 unspecified atom stereocenters. The molecule has 0 bridgehead atoms. The van der Waals surface area contributed by atoms with E-state index in [0.717, 1.165) is 12.8 Å². The normalized spacial score (nSPS) is 14.8. The second-order valence-electron chi connectivity index (χ2n) is 3.85. The fourth-order valence-electron chi connectivity index (χ4n) is 1.46. The topological polar surface area (TPSA) is 29.3 Å². The van der Waals surface area contributed by atoms with Gasteiger partial charge in [0, 0.05) is 6.54 Å². The van der Waals surface area contributed by atoms with Crippen LogP contribution < -0.4 is 5.73 Å². The van der Waals surface area contributed by atoms with E-state index >= 15 is 0 Å². The van der Waals surface area contributed by atoms with Gasteiger partial charge in [-0.15, -0.1) is 0 Å². The van der Waals surface area contributed by atoms with E-state index < -0.39 is 12.7 Å². The van der Waals surface area contributed by atoms with Crippen LogP contribution in [0.4, 0.5) is 13.2 Å². The molecule has 0 aromatic carbocycles. The Bertz CT molecular complexity index is 147. The van der Waals surface area contributed by atoms with Gasteiger partial charge in [0.1, 0.15) is 0 Å². The maximum Gasteiger partial charge on any atom is 0.401 e. The van der Waals surface area contributed by atoms with Crippen molar-refractivity contribution in [2.75, 3.05) is 26.7 Å². The molecule has 14 heavy (non-hydrogen) atoms. The molecule has 0 rings (SSSR count). The molecule has 0 fully saturated rings. The van der Waals surface area contributed by atoms with E-state index in [4.69, 9.17) is 5.73 Å². The molecular weight excluding hydrogens is 193 g/mol. The summed E-state index contributed by atoms with van der Waals surface area (Å²) >= 11 is 0. The zero-order valence-electron chi connectivity index (χ0n) is 8.77. The van der Waals surface area contributed by atoms with Crippen molar-refractivity contribution in [2.45, 2.75) is 25.9 Å². The fourth-order valence-corrected chi connectivity index (χ4v) is 1.46. The first kappa shape index (κ1) is 13.7. The maximum atomic E-state index is 11.9. The minimum atomic E-state index is -4.09. The van der Waals surface area contributed by atoms with Gasteiger partial charge in [-0.05, 0) is 32.4 Å².